The molecular formula is C28H30N2O5. The highest BCUT2D eigenvalue weighted by Crippen LogP contribution is 2.63. The van der Waals surface area contributed by atoms with Crippen LogP contribution in [-0.2, 0) is 14.3 Å². The average molecular weight is 475 g/mol. The molecule has 0 radical (unpaired) electrons. The molecule has 0 heterocycles. The standard InChI is InChI=1S/C28H30N2O5/c31-25(29-18-12-17-13-28(17,14-18)26(32)33)24(11-16-9-10-16)30-27(34)35-15-23-21-7-3-1-5-19(21)20-6-2-4-8-22(20)23/h1-8,16-18,23-24H,9-15H2,(H,29,31)(H,30,34)(H,32,33)/t17-,18+,24?,28+/m0/s1. The molecule has 0 bridgehead atoms. The molecule has 0 aliphatic heterocycles. The third-order valence-corrected chi connectivity index (χ3v) is 8.40. The van der Waals surface area contributed by atoms with Crippen LogP contribution in [0.15, 0.2) is 48.5 Å². The highest BCUT2D eigenvalue weighted by Gasteiger charge is 2.65. The van der Waals surface area contributed by atoms with E-state index in [0.29, 0.717) is 31.6 Å². The summed E-state index contributed by atoms with van der Waals surface area (Å²) in [4.78, 5) is 37.4. The Hall–Kier alpha value is -3.35. The lowest BCUT2D eigenvalue weighted by molar-refractivity contribution is -0.143. The second-order valence-electron chi connectivity index (χ2n) is 10.7. The molecular weight excluding hydrogens is 444 g/mol. The Kier molecular flexibility index (Phi) is 5.31. The maximum absolute atomic E-state index is 13.1. The number of carboxylic acid groups (broad SMARTS) is 1. The number of rotatable bonds is 8. The molecule has 3 N–H and O–H groups in total. The molecule has 1 unspecified atom stereocenters. The molecule has 7 nitrogen and oxygen atoms in total. The first kappa shape index (κ1) is 22.1. The number of carbonyl (C=O) groups excluding carboxylic acids is 2. The average Bonchev–Trinajstić information content (AvgIpc) is 3.74. The highest BCUT2D eigenvalue weighted by atomic mass is 16.5. The fraction of sp³-hybridized carbons (Fsp3) is 0.464. The minimum absolute atomic E-state index is 0.0405. The Morgan fingerprint density at radius 3 is 2.26 bits per heavy atom. The first-order chi connectivity index (χ1) is 16.9. The number of hydrogen-bond donors (Lipinski definition) is 3. The number of carboxylic acids is 1. The van der Waals surface area contributed by atoms with Crippen LogP contribution in [0, 0.1) is 17.3 Å². The zero-order valence-corrected chi connectivity index (χ0v) is 19.5. The van der Waals surface area contributed by atoms with Crippen molar-refractivity contribution in [1.29, 1.82) is 0 Å². The zero-order valence-electron chi connectivity index (χ0n) is 19.5. The van der Waals surface area contributed by atoms with Gasteiger partial charge >= 0.3 is 12.1 Å². The van der Waals surface area contributed by atoms with Crippen LogP contribution in [0.5, 0.6) is 0 Å². The van der Waals surface area contributed by atoms with Gasteiger partial charge in [0.1, 0.15) is 12.6 Å². The van der Waals surface area contributed by atoms with Crippen molar-refractivity contribution in [3.8, 4) is 11.1 Å². The number of nitrogens with one attached hydrogen (secondary N) is 2. The Bertz CT molecular complexity index is 1150. The second kappa shape index (κ2) is 8.40. The maximum Gasteiger partial charge on any atom is 0.407 e. The van der Waals surface area contributed by atoms with Crippen molar-refractivity contribution in [2.24, 2.45) is 17.3 Å². The third-order valence-electron chi connectivity index (χ3n) is 8.40. The molecule has 6 rings (SSSR count). The van der Waals surface area contributed by atoms with Crippen LogP contribution in [-0.4, -0.2) is 41.8 Å². The second-order valence-corrected chi connectivity index (χ2v) is 10.7. The Morgan fingerprint density at radius 2 is 1.66 bits per heavy atom. The predicted molar refractivity (Wildman–Crippen MR) is 129 cm³/mol. The summed E-state index contributed by atoms with van der Waals surface area (Å²) in [6.45, 7) is 0.197. The van der Waals surface area contributed by atoms with E-state index in [2.05, 4.69) is 34.9 Å². The van der Waals surface area contributed by atoms with E-state index in [1.165, 1.54) is 0 Å². The summed E-state index contributed by atoms with van der Waals surface area (Å²) in [5.41, 5.74) is 3.96. The van der Waals surface area contributed by atoms with Gasteiger partial charge in [0.2, 0.25) is 5.91 Å². The van der Waals surface area contributed by atoms with Gasteiger partial charge in [0.05, 0.1) is 5.41 Å². The predicted octanol–water partition coefficient (Wildman–Crippen LogP) is 4.06. The molecule has 0 spiro atoms. The van der Waals surface area contributed by atoms with Crippen molar-refractivity contribution < 1.29 is 24.2 Å². The highest BCUT2D eigenvalue weighted by molar-refractivity contribution is 5.86. The molecule has 0 saturated heterocycles. The summed E-state index contributed by atoms with van der Waals surface area (Å²) in [5.74, 6) is -0.451. The normalized spacial score (nSPS) is 26.7. The van der Waals surface area contributed by atoms with E-state index in [4.69, 9.17) is 4.74 Å². The molecule has 182 valence electrons. The van der Waals surface area contributed by atoms with Gasteiger partial charge < -0.3 is 20.5 Å². The van der Waals surface area contributed by atoms with E-state index in [-0.39, 0.29) is 30.4 Å². The number of hydrogen-bond acceptors (Lipinski definition) is 4. The van der Waals surface area contributed by atoms with Gasteiger partial charge in [-0.2, -0.15) is 0 Å². The van der Waals surface area contributed by atoms with Crippen LogP contribution < -0.4 is 10.6 Å². The van der Waals surface area contributed by atoms with Crippen molar-refractivity contribution in [1.82, 2.24) is 10.6 Å². The van der Waals surface area contributed by atoms with Gasteiger partial charge in [0, 0.05) is 12.0 Å². The van der Waals surface area contributed by atoms with Crippen LogP contribution in [0.1, 0.15) is 55.6 Å². The number of carbonyl (C=O) groups is 3. The number of amides is 2. The number of fused-ring (bicyclic) bond motifs is 4. The quantitative estimate of drug-likeness (QED) is 0.535. The summed E-state index contributed by atoms with van der Waals surface area (Å²) in [5, 5.41) is 15.3. The SMILES string of the molecule is O=C(NC(CC1CC1)C(=O)N[C@@H]1C[C@H]2C[C@@]2(C(=O)O)C1)OCC1c2ccccc2-c2ccccc21. The first-order valence-electron chi connectivity index (χ1n) is 12.6. The van der Waals surface area contributed by atoms with E-state index < -0.39 is 23.5 Å². The summed E-state index contributed by atoms with van der Waals surface area (Å²) in [6, 6.07) is 15.5. The molecule has 2 amide bonds. The monoisotopic (exact) mass is 474 g/mol. The Balaban J connectivity index is 1.08. The van der Waals surface area contributed by atoms with Crippen molar-refractivity contribution in [2.45, 2.75) is 56.5 Å². The number of ether oxygens (including phenoxy) is 1. The molecule has 4 aliphatic rings. The number of alkyl carbamates (subject to hydrolysis) is 1. The molecule has 3 fully saturated rings. The summed E-state index contributed by atoms with van der Waals surface area (Å²) >= 11 is 0. The van der Waals surface area contributed by atoms with Crippen molar-refractivity contribution in [3.63, 3.8) is 0 Å². The van der Waals surface area contributed by atoms with Crippen LogP contribution in [0.2, 0.25) is 0 Å². The fourth-order valence-electron chi connectivity index (χ4n) is 6.27. The molecule has 4 aliphatic carbocycles. The minimum Gasteiger partial charge on any atom is -0.481 e. The lowest BCUT2D eigenvalue weighted by atomic mass is 9.98. The van der Waals surface area contributed by atoms with Gasteiger partial charge in [0.25, 0.3) is 0 Å². The lowest BCUT2D eigenvalue weighted by Crippen LogP contribution is -2.50. The minimum atomic E-state index is -0.759. The Morgan fingerprint density at radius 1 is 1.00 bits per heavy atom. The molecule has 2 aromatic carbocycles. The topological polar surface area (TPSA) is 105 Å². The third kappa shape index (κ3) is 4.07. The number of aliphatic carboxylic acids is 1. The first-order valence-corrected chi connectivity index (χ1v) is 12.6. The molecule has 4 atom stereocenters. The van der Waals surface area contributed by atoms with Gasteiger partial charge in [-0.25, -0.2) is 4.79 Å². The van der Waals surface area contributed by atoms with Crippen LogP contribution in [0.3, 0.4) is 0 Å². The van der Waals surface area contributed by atoms with E-state index >= 15 is 0 Å². The molecule has 2 aromatic rings. The van der Waals surface area contributed by atoms with Crippen molar-refractivity contribution >= 4 is 18.0 Å². The number of benzene rings is 2. The van der Waals surface area contributed by atoms with E-state index in [1.54, 1.807) is 0 Å². The Labute approximate surface area is 204 Å². The zero-order chi connectivity index (χ0) is 24.2. The van der Waals surface area contributed by atoms with Gasteiger partial charge in [0.15, 0.2) is 0 Å². The van der Waals surface area contributed by atoms with Gasteiger partial charge in [-0.15, -0.1) is 0 Å². The van der Waals surface area contributed by atoms with Gasteiger partial charge in [-0.05, 0) is 59.8 Å². The van der Waals surface area contributed by atoms with E-state index in [0.717, 1.165) is 35.1 Å². The summed E-state index contributed by atoms with van der Waals surface area (Å²) in [6.07, 6.45) is 3.98. The lowest BCUT2D eigenvalue weighted by Gasteiger charge is -2.23. The summed E-state index contributed by atoms with van der Waals surface area (Å²) < 4.78 is 5.66. The summed E-state index contributed by atoms with van der Waals surface area (Å²) in [7, 11) is 0. The molecule has 3 saturated carbocycles. The van der Waals surface area contributed by atoms with Crippen LogP contribution >= 0.6 is 0 Å². The van der Waals surface area contributed by atoms with Crippen molar-refractivity contribution in [3.05, 3.63) is 59.7 Å². The largest absolute Gasteiger partial charge is 0.481 e. The fourth-order valence-corrected chi connectivity index (χ4v) is 6.27. The maximum atomic E-state index is 13.1. The van der Waals surface area contributed by atoms with Crippen LogP contribution in [0.25, 0.3) is 11.1 Å². The van der Waals surface area contributed by atoms with Gasteiger partial charge in [-0.1, -0.05) is 61.4 Å². The van der Waals surface area contributed by atoms with Crippen LogP contribution in [0.4, 0.5) is 4.79 Å². The molecule has 0 aromatic heterocycles. The van der Waals surface area contributed by atoms with Crippen molar-refractivity contribution in [2.75, 3.05) is 6.61 Å². The smallest absolute Gasteiger partial charge is 0.407 e. The van der Waals surface area contributed by atoms with Gasteiger partial charge in [-0.3, -0.25) is 9.59 Å². The molecule has 7 heteroatoms. The van der Waals surface area contributed by atoms with E-state index in [1.807, 2.05) is 24.3 Å². The van der Waals surface area contributed by atoms with E-state index in [9.17, 15) is 19.5 Å². The molecule has 35 heavy (non-hydrogen) atoms.